The van der Waals surface area contributed by atoms with Gasteiger partial charge in [-0.3, -0.25) is 4.79 Å². The minimum atomic E-state index is -0.286. The Morgan fingerprint density at radius 2 is 1.86 bits per heavy atom. The molecule has 1 amide bonds. The summed E-state index contributed by atoms with van der Waals surface area (Å²) < 4.78 is 26.8. The summed E-state index contributed by atoms with van der Waals surface area (Å²) in [7, 11) is 3.11. The number of hydrogen-bond acceptors (Lipinski definition) is 4. The number of carbonyl (C=O) groups excluding carboxylic acids is 1. The molecule has 2 heterocycles. The van der Waals surface area contributed by atoms with Crippen LogP contribution >= 0.6 is 11.3 Å². The molecule has 2 aromatic heterocycles. The molecule has 4 aromatic rings. The van der Waals surface area contributed by atoms with Crippen molar-refractivity contribution < 1.29 is 18.7 Å². The Balaban J connectivity index is 1.67. The van der Waals surface area contributed by atoms with Gasteiger partial charge in [-0.15, -0.1) is 11.3 Å². The average Bonchev–Trinajstić information content (AvgIpc) is 3.32. The van der Waals surface area contributed by atoms with E-state index in [0.717, 1.165) is 15.8 Å². The highest BCUT2D eigenvalue weighted by molar-refractivity contribution is 7.17. The molecule has 0 saturated carbocycles. The highest BCUT2D eigenvalue weighted by atomic mass is 32.1. The Labute approximate surface area is 171 Å². The van der Waals surface area contributed by atoms with Crippen molar-refractivity contribution in [2.45, 2.75) is 6.54 Å². The van der Waals surface area contributed by atoms with Crippen molar-refractivity contribution in [1.29, 1.82) is 0 Å². The van der Waals surface area contributed by atoms with Gasteiger partial charge in [0.25, 0.3) is 5.91 Å². The van der Waals surface area contributed by atoms with Crippen LogP contribution in [0.2, 0.25) is 0 Å². The molecule has 4 rings (SSSR count). The van der Waals surface area contributed by atoms with E-state index in [4.69, 9.17) is 9.47 Å². The highest BCUT2D eigenvalue weighted by Gasteiger charge is 2.18. The lowest BCUT2D eigenvalue weighted by Crippen LogP contribution is -2.18. The second-order valence-electron chi connectivity index (χ2n) is 6.43. The van der Waals surface area contributed by atoms with Crippen LogP contribution < -0.4 is 14.8 Å². The first-order valence-electron chi connectivity index (χ1n) is 8.93. The Hall–Kier alpha value is -3.32. The predicted molar refractivity (Wildman–Crippen MR) is 113 cm³/mol. The number of benzene rings is 2. The summed E-state index contributed by atoms with van der Waals surface area (Å²) in [6.07, 6.45) is 0. The number of nitrogens with one attached hydrogen (secondary N) is 1. The number of thiophene rings is 1. The molecule has 0 radical (unpaired) electrons. The summed E-state index contributed by atoms with van der Waals surface area (Å²) in [4.78, 5) is 13.1. The van der Waals surface area contributed by atoms with Crippen molar-refractivity contribution >= 4 is 33.1 Å². The maximum Gasteiger partial charge on any atom is 0.272 e. The van der Waals surface area contributed by atoms with Gasteiger partial charge in [0.15, 0.2) is 0 Å². The lowest BCUT2D eigenvalue weighted by molar-refractivity contribution is 0.101. The third kappa shape index (κ3) is 3.82. The van der Waals surface area contributed by atoms with Crippen molar-refractivity contribution in [3.63, 3.8) is 0 Å². The van der Waals surface area contributed by atoms with Crippen LogP contribution in [0, 0.1) is 5.82 Å². The van der Waals surface area contributed by atoms with E-state index in [-0.39, 0.29) is 11.7 Å². The van der Waals surface area contributed by atoms with Crippen LogP contribution in [0.5, 0.6) is 11.5 Å². The van der Waals surface area contributed by atoms with Gasteiger partial charge in [-0.1, -0.05) is 12.1 Å². The van der Waals surface area contributed by atoms with Crippen molar-refractivity contribution in [2.24, 2.45) is 0 Å². The third-order valence-electron chi connectivity index (χ3n) is 4.67. The number of aromatic nitrogens is 1. The summed E-state index contributed by atoms with van der Waals surface area (Å²) in [5, 5.41) is 4.91. The molecule has 0 aliphatic rings. The van der Waals surface area contributed by atoms with E-state index in [0.29, 0.717) is 29.4 Å². The van der Waals surface area contributed by atoms with Crippen LogP contribution in [0.3, 0.4) is 0 Å². The molecule has 148 valence electrons. The Bertz CT molecular complexity index is 1160. The summed E-state index contributed by atoms with van der Waals surface area (Å²) in [6.45, 7) is 0.461. The van der Waals surface area contributed by atoms with Crippen LogP contribution in [0.4, 0.5) is 10.1 Å². The van der Waals surface area contributed by atoms with E-state index in [2.05, 4.69) is 5.32 Å². The van der Waals surface area contributed by atoms with E-state index in [1.165, 1.54) is 19.2 Å². The lowest BCUT2D eigenvalue weighted by Gasteiger charge is -2.14. The van der Waals surface area contributed by atoms with Gasteiger partial charge < -0.3 is 19.4 Å². The molecule has 0 saturated heterocycles. The van der Waals surface area contributed by atoms with E-state index < -0.39 is 0 Å². The monoisotopic (exact) mass is 410 g/mol. The maximum absolute atomic E-state index is 13.3. The van der Waals surface area contributed by atoms with Crippen molar-refractivity contribution in [3.8, 4) is 11.5 Å². The lowest BCUT2D eigenvalue weighted by atomic mass is 10.2. The van der Waals surface area contributed by atoms with Crippen LogP contribution in [0.15, 0.2) is 60.0 Å². The predicted octanol–water partition coefficient (Wildman–Crippen LogP) is 5.16. The van der Waals surface area contributed by atoms with Gasteiger partial charge in [0.2, 0.25) is 0 Å². The zero-order valence-electron chi connectivity index (χ0n) is 15.9. The van der Waals surface area contributed by atoms with Gasteiger partial charge in [0, 0.05) is 12.6 Å². The number of methoxy groups -OCH3 is 2. The smallest absolute Gasteiger partial charge is 0.272 e. The number of ether oxygens (including phenoxy) is 2. The molecule has 5 nitrogen and oxygen atoms in total. The Kier molecular flexibility index (Phi) is 5.22. The number of anilines is 1. The topological polar surface area (TPSA) is 52.5 Å². The molecular weight excluding hydrogens is 391 g/mol. The third-order valence-corrected chi connectivity index (χ3v) is 5.52. The summed E-state index contributed by atoms with van der Waals surface area (Å²) >= 11 is 1.57. The Morgan fingerprint density at radius 1 is 1.07 bits per heavy atom. The summed E-state index contributed by atoms with van der Waals surface area (Å²) in [5.74, 6) is 0.613. The minimum absolute atomic E-state index is 0.251. The van der Waals surface area contributed by atoms with Gasteiger partial charge in [-0.05, 0) is 47.3 Å². The second kappa shape index (κ2) is 7.97. The maximum atomic E-state index is 13.3. The fraction of sp³-hybridized carbons (Fsp3) is 0.136. The number of halogens is 1. The number of nitrogens with zero attached hydrogens (tertiary/aromatic N) is 1. The highest BCUT2D eigenvalue weighted by Crippen LogP contribution is 2.31. The molecular formula is C22H19FN2O3S. The molecule has 7 heteroatoms. The zero-order chi connectivity index (χ0) is 20.4. The van der Waals surface area contributed by atoms with Gasteiger partial charge in [0.1, 0.15) is 23.0 Å². The first-order chi connectivity index (χ1) is 14.1. The molecule has 0 spiro atoms. The molecule has 2 aromatic carbocycles. The Morgan fingerprint density at radius 3 is 2.59 bits per heavy atom. The quantitative estimate of drug-likeness (QED) is 0.478. The van der Waals surface area contributed by atoms with Crippen molar-refractivity contribution in [1.82, 2.24) is 4.57 Å². The van der Waals surface area contributed by atoms with E-state index in [1.54, 1.807) is 48.8 Å². The largest absolute Gasteiger partial charge is 0.497 e. The molecule has 0 aliphatic carbocycles. The zero-order valence-corrected chi connectivity index (χ0v) is 16.8. The number of fused-ring (bicyclic) bond motifs is 1. The molecule has 0 aliphatic heterocycles. The first-order valence-corrected chi connectivity index (χ1v) is 9.81. The molecule has 0 fully saturated rings. The second-order valence-corrected chi connectivity index (χ2v) is 7.38. The standard InChI is InChI=1S/C22H19FN2O3S/c1-27-16-7-8-17(20(11-16)28-2)24-22(26)19-12-21-18(9-10-29-21)25(19)13-14-3-5-15(23)6-4-14/h3-12H,13H2,1-2H3,(H,24,26). The molecule has 0 unspecified atom stereocenters. The number of hydrogen-bond donors (Lipinski definition) is 1. The summed E-state index contributed by atoms with van der Waals surface area (Å²) in [5.41, 5.74) is 2.95. The molecule has 29 heavy (non-hydrogen) atoms. The fourth-order valence-corrected chi connectivity index (χ4v) is 4.02. The van der Waals surface area contributed by atoms with Crippen LogP contribution in [0.25, 0.3) is 10.2 Å². The van der Waals surface area contributed by atoms with Gasteiger partial charge in [0.05, 0.1) is 30.1 Å². The van der Waals surface area contributed by atoms with Crippen LogP contribution in [0.1, 0.15) is 16.1 Å². The van der Waals surface area contributed by atoms with Crippen LogP contribution in [-0.4, -0.2) is 24.7 Å². The molecule has 0 bridgehead atoms. The molecule has 1 N–H and O–H groups in total. The van der Waals surface area contributed by atoms with E-state index >= 15 is 0 Å². The summed E-state index contributed by atoms with van der Waals surface area (Å²) in [6, 6.07) is 15.4. The van der Waals surface area contributed by atoms with Gasteiger partial charge in [-0.2, -0.15) is 0 Å². The first kappa shape index (κ1) is 19.0. The fourth-order valence-electron chi connectivity index (χ4n) is 3.20. The normalized spacial score (nSPS) is 10.9. The van der Waals surface area contributed by atoms with E-state index in [1.807, 2.05) is 22.1 Å². The SMILES string of the molecule is COc1ccc(NC(=O)c2cc3sccc3n2Cc2ccc(F)cc2)c(OC)c1. The van der Waals surface area contributed by atoms with E-state index in [9.17, 15) is 9.18 Å². The number of carbonyl (C=O) groups is 1. The van der Waals surface area contributed by atoms with Crippen LogP contribution in [-0.2, 0) is 6.54 Å². The van der Waals surface area contributed by atoms with Crippen molar-refractivity contribution in [3.05, 3.63) is 77.1 Å². The van der Waals surface area contributed by atoms with Gasteiger partial charge >= 0.3 is 0 Å². The number of amides is 1. The minimum Gasteiger partial charge on any atom is -0.497 e. The molecule has 0 atom stereocenters. The number of rotatable bonds is 6. The average molecular weight is 410 g/mol. The van der Waals surface area contributed by atoms with Crippen molar-refractivity contribution in [2.75, 3.05) is 19.5 Å². The van der Waals surface area contributed by atoms with Gasteiger partial charge in [-0.25, -0.2) is 4.39 Å².